The van der Waals surface area contributed by atoms with E-state index in [2.05, 4.69) is 53.8 Å². The van der Waals surface area contributed by atoms with Gasteiger partial charge in [-0.05, 0) is 26.7 Å². The van der Waals surface area contributed by atoms with Crippen molar-refractivity contribution in [1.29, 1.82) is 0 Å². The Labute approximate surface area is 134 Å². The number of thiazole rings is 1. The van der Waals surface area contributed by atoms with Gasteiger partial charge in [-0.1, -0.05) is 34.6 Å². The highest BCUT2D eigenvalue weighted by Crippen LogP contribution is 2.33. The van der Waals surface area contributed by atoms with Gasteiger partial charge in [-0.2, -0.15) is 0 Å². The van der Waals surface area contributed by atoms with Crippen molar-refractivity contribution in [3.8, 4) is 0 Å². The second kappa shape index (κ2) is 7.21. The number of aromatic nitrogens is 1. The van der Waals surface area contributed by atoms with E-state index in [0.717, 1.165) is 25.1 Å². The van der Waals surface area contributed by atoms with E-state index in [1.807, 2.05) is 11.3 Å². The Balaban J connectivity index is 2.81. The van der Waals surface area contributed by atoms with Gasteiger partial charge in [-0.3, -0.25) is 0 Å². The Kier molecular flexibility index (Phi) is 6.38. The van der Waals surface area contributed by atoms with Crippen LogP contribution in [0.5, 0.6) is 0 Å². The van der Waals surface area contributed by atoms with Crippen LogP contribution in [-0.2, 0) is 5.41 Å². The normalized spacial score (nSPS) is 14.5. The molecule has 1 rings (SSSR count). The smallest absolute Gasteiger partial charge is 0.0985 e. The van der Waals surface area contributed by atoms with Crippen molar-refractivity contribution in [1.82, 2.24) is 10.3 Å². The molecule has 0 fully saturated rings. The quantitative estimate of drug-likeness (QED) is 0.793. The molecule has 0 aliphatic rings. The molecule has 1 atom stereocenters. The van der Waals surface area contributed by atoms with Crippen LogP contribution in [0.25, 0.3) is 0 Å². The number of rotatable bonds is 7. The van der Waals surface area contributed by atoms with Crippen LogP contribution < -0.4 is 5.32 Å². The lowest BCUT2D eigenvalue weighted by atomic mass is 9.83. The summed E-state index contributed by atoms with van der Waals surface area (Å²) in [4.78, 5) is 6.06. The molecule has 1 heterocycles. The van der Waals surface area contributed by atoms with Gasteiger partial charge in [0.25, 0.3) is 0 Å². The number of aliphatic hydroxyl groups is 1. The molecular formula is C17H32N2OS. The Bertz CT molecular complexity index is 436. The second-order valence-electron chi connectivity index (χ2n) is 7.19. The Hall–Kier alpha value is -0.450. The van der Waals surface area contributed by atoms with Crippen molar-refractivity contribution in [3.05, 3.63) is 15.6 Å². The van der Waals surface area contributed by atoms with Crippen molar-refractivity contribution in [2.24, 2.45) is 5.41 Å². The largest absolute Gasteiger partial charge is 0.396 e. The first-order valence-corrected chi connectivity index (χ1v) is 8.82. The van der Waals surface area contributed by atoms with Crippen LogP contribution in [0, 0.1) is 12.3 Å². The minimum absolute atomic E-state index is 0.000288. The second-order valence-corrected chi connectivity index (χ2v) is 8.22. The molecule has 0 aliphatic heterocycles. The molecule has 0 saturated carbocycles. The van der Waals surface area contributed by atoms with E-state index in [9.17, 15) is 5.11 Å². The summed E-state index contributed by atoms with van der Waals surface area (Å²) in [5, 5.41) is 14.5. The summed E-state index contributed by atoms with van der Waals surface area (Å²) in [6.45, 7) is 16.3. The van der Waals surface area contributed by atoms with E-state index in [1.165, 1.54) is 9.88 Å². The van der Waals surface area contributed by atoms with Crippen molar-refractivity contribution in [2.45, 2.75) is 72.8 Å². The van der Waals surface area contributed by atoms with Crippen molar-refractivity contribution in [3.63, 3.8) is 0 Å². The maximum Gasteiger partial charge on any atom is 0.0985 e. The van der Waals surface area contributed by atoms with Crippen LogP contribution in [0.4, 0.5) is 0 Å². The number of aliphatic hydroxyl groups excluding tert-OH is 1. The van der Waals surface area contributed by atoms with E-state index in [0.29, 0.717) is 0 Å². The number of nitrogens with one attached hydrogen (secondary N) is 1. The minimum atomic E-state index is -0.000288. The third-order valence-corrected chi connectivity index (χ3v) is 6.25. The molecule has 0 radical (unpaired) electrons. The third kappa shape index (κ3) is 4.51. The lowest BCUT2D eigenvalue weighted by Gasteiger charge is -2.31. The van der Waals surface area contributed by atoms with E-state index in [-0.39, 0.29) is 23.5 Å². The SMILES string of the molecule is CCC(CC)(CO)CNC(C)c1sc(C(C)(C)C)nc1C. The summed E-state index contributed by atoms with van der Waals surface area (Å²) in [6.07, 6.45) is 1.99. The molecule has 3 nitrogen and oxygen atoms in total. The highest BCUT2D eigenvalue weighted by molar-refractivity contribution is 7.12. The van der Waals surface area contributed by atoms with Gasteiger partial charge in [0.15, 0.2) is 0 Å². The zero-order chi connectivity index (χ0) is 16.3. The molecule has 0 amide bonds. The molecule has 2 N–H and O–H groups in total. The molecule has 1 aromatic rings. The van der Waals surface area contributed by atoms with Crippen LogP contribution in [0.2, 0.25) is 0 Å². The monoisotopic (exact) mass is 312 g/mol. The number of aryl methyl sites for hydroxylation is 1. The molecule has 0 bridgehead atoms. The highest BCUT2D eigenvalue weighted by Gasteiger charge is 2.27. The third-order valence-electron chi connectivity index (χ3n) is 4.49. The summed E-state index contributed by atoms with van der Waals surface area (Å²) in [5.41, 5.74) is 1.24. The molecular weight excluding hydrogens is 280 g/mol. The molecule has 1 unspecified atom stereocenters. The Morgan fingerprint density at radius 1 is 1.24 bits per heavy atom. The van der Waals surface area contributed by atoms with Gasteiger partial charge in [-0.15, -0.1) is 11.3 Å². The fourth-order valence-electron chi connectivity index (χ4n) is 2.37. The number of hydrogen-bond donors (Lipinski definition) is 2. The maximum absolute atomic E-state index is 9.68. The van der Waals surface area contributed by atoms with Crippen molar-refractivity contribution < 1.29 is 5.11 Å². The lowest BCUT2D eigenvalue weighted by Crippen LogP contribution is -2.37. The van der Waals surface area contributed by atoms with Crippen LogP contribution in [0.1, 0.15) is 76.0 Å². The summed E-state index contributed by atoms with van der Waals surface area (Å²) in [7, 11) is 0. The molecule has 0 aromatic carbocycles. The molecule has 4 heteroatoms. The van der Waals surface area contributed by atoms with Gasteiger partial charge in [0.2, 0.25) is 0 Å². The summed E-state index contributed by atoms with van der Waals surface area (Å²) < 4.78 is 0. The average Bonchev–Trinajstić information content (AvgIpc) is 2.83. The Morgan fingerprint density at radius 2 is 1.81 bits per heavy atom. The van der Waals surface area contributed by atoms with Crippen LogP contribution in [0.15, 0.2) is 0 Å². The van der Waals surface area contributed by atoms with Gasteiger partial charge >= 0.3 is 0 Å². The first-order valence-electron chi connectivity index (χ1n) is 8.01. The van der Waals surface area contributed by atoms with Crippen molar-refractivity contribution in [2.75, 3.05) is 13.2 Å². The first-order chi connectivity index (χ1) is 9.69. The molecule has 0 aliphatic carbocycles. The molecule has 1 aromatic heterocycles. The van der Waals surface area contributed by atoms with Gasteiger partial charge in [0.1, 0.15) is 0 Å². The van der Waals surface area contributed by atoms with Crippen molar-refractivity contribution >= 4 is 11.3 Å². The van der Waals surface area contributed by atoms with E-state index < -0.39 is 0 Å². The molecule has 0 saturated heterocycles. The molecule has 0 spiro atoms. The maximum atomic E-state index is 9.68. The van der Waals surface area contributed by atoms with Gasteiger partial charge in [0.05, 0.1) is 10.7 Å². The van der Waals surface area contributed by atoms with Crippen LogP contribution in [-0.4, -0.2) is 23.2 Å². The first kappa shape index (κ1) is 18.6. The predicted molar refractivity (Wildman–Crippen MR) is 92.1 cm³/mol. The van der Waals surface area contributed by atoms with Gasteiger partial charge in [-0.25, -0.2) is 4.98 Å². The standard InChI is InChI=1S/C17H32N2OS/c1-8-17(9-2,11-20)10-18-12(3)14-13(4)19-15(21-14)16(5,6)7/h12,18,20H,8-11H2,1-7H3. The van der Waals surface area contributed by atoms with E-state index >= 15 is 0 Å². The fraction of sp³-hybridized carbons (Fsp3) is 0.824. The minimum Gasteiger partial charge on any atom is -0.396 e. The summed E-state index contributed by atoms with van der Waals surface area (Å²) in [6, 6.07) is 0.280. The highest BCUT2D eigenvalue weighted by atomic mass is 32.1. The lowest BCUT2D eigenvalue weighted by molar-refractivity contribution is 0.110. The van der Waals surface area contributed by atoms with Crippen LogP contribution in [0.3, 0.4) is 0 Å². The summed E-state index contributed by atoms with van der Waals surface area (Å²) in [5.74, 6) is 0. The Morgan fingerprint density at radius 3 is 2.19 bits per heavy atom. The topological polar surface area (TPSA) is 45.1 Å². The van der Waals surface area contributed by atoms with Gasteiger partial charge in [0, 0.05) is 34.9 Å². The fourth-order valence-corrected chi connectivity index (χ4v) is 3.52. The van der Waals surface area contributed by atoms with E-state index in [4.69, 9.17) is 4.98 Å². The van der Waals surface area contributed by atoms with Gasteiger partial charge < -0.3 is 10.4 Å². The zero-order valence-electron chi connectivity index (χ0n) is 14.7. The average molecular weight is 313 g/mol. The van der Waals surface area contributed by atoms with E-state index in [1.54, 1.807) is 0 Å². The number of hydrogen-bond acceptors (Lipinski definition) is 4. The molecule has 21 heavy (non-hydrogen) atoms. The summed E-state index contributed by atoms with van der Waals surface area (Å²) >= 11 is 1.81. The predicted octanol–water partition coefficient (Wildman–Crippen LogP) is 4.20. The number of nitrogens with zero attached hydrogens (tertiary/aromatic N) is 1. The zero-order valence-corrected chi connectivity index (χ0v) is 15.5. The molecule has 122 valence electrons. The van der Waals surface area contributed by atoms with Crippen LogP contribution >= 0.6 is 11.3 Å².